The van der Waals surface area contributed by atoms with Crippen LogP contribution in [0.5, 0.6) is 0 Å². The fourth-order valence-corrected chi connectivity index (χ4v) is 1.64. The van der Waals surface area contributed by atoms with Gasteiger partial charge in [-0.2, -0.15) is 5.26 Å². The van der Waals surface area contributed by atoms with E-state index in [0.717, 1.165) is 16.6 Å². The van der Waals surface area contributed by atoms with Crippen LogP contribution in [0.15, 0.2) is 24.5 Å². The van der Waals surface area contributed by atoms with E-state index in [1.54, 1.807) is 13.4 Å². The standard InChI is InChI=1S/C11H12N4/c1-13-10(6-12)8-3-4-11-9(5-8)14-7-15(11)2/h3-5,7,10,13H,1-2H3. The molecule has 0 fully saturated rings. The molecule has 76 valence electrons. The molecule has 2 rings (SSSR count). The van der Waals surface area contributed by atoms with Gasteiger partial charge in [0.1, 0.15) is 6.04 Å². The minimum atomic E-state index is -0.267. The number of nitrogens with one attached hydrogen (secondary N) is 1. The van der Waals surface area contributed by atoms with E-state index < -0.39 is 0 Å². The van der Waals surface area contributed by atoms with Crippen LogP contribution in [0.1, 0.15) is 11.6 Å². The topological polar surface area (TPSA) is 53.6 Å². The summed E-state index contributed by atoms with van der Waals surface area (Å²) in [5.74, 6) is 0. The number of nitrogens with zero attached hydrogens (tertiary/aromatic N) is 3. The summed E-state index contributed by atoms with van der Waals surface area (Å²) in [6.07, 6.45) is 1.77. The predicted molar refractivity (Wildman–Crippen MR) is 58.1 cm³/mol. The highest BCUT2D eigenvalue weighted by molar-refractivity contribution is 5.76. The molecule has 0 amide bonds. The lowest BCUT2D eigenvalue weighted by Crippen LogP contribution is -2.13. The second kappa shape index (κ2) is 3.71. The number of rotatable bonds is 2. The molecule has 0 radical (unpaired) electrons. The molecule has 1 aromatic carbocycles. The molecule has 0 aliphatic carbocycles. The van der Waals surface area contributed by atoms with Crippen molar-refractivity contribution in [2.24, 2.45) is 7.05 Å². The first-order valence-corrected chi connectivity index (χ1v) is 4.74. The molecule has 1 heterocycles. The SMILES string of the molecule is CNC(C#N)c1ccc2c(c1)ncn2C. The zero-order valence-electron chi connectivity index (χ0n) is 8.73. The molecule has 0 aliphatic heterocycles. The highest BCUT2D eigenvalue weighted by atomic mass is 15.0. The van der Waals surface area contributed by atoms with Gasteiger partial charge in [0.2, 0.25) is 0 Å². The first-order chi connectivity index (χ1) is 7.26. The summed E-state index contributed by atoms with van der Waals surface area (Å²) < 4.78 is 1.96. The van der Waals surface area contributed by atoms with Crippen molar-refractivity contribution < 1.29 is 0 Å². The molecule has 0 saturated carbocycles. The molecule has 0 spiro atoms. The van der Waals surface area contributed by atoms with Crippen molar-refractivity contribution in [2.45, 2.75) is 6.04 Å². The fourth-order valence-electron chi connectivity index (χ4n) is 1.64. The number of benzene rings is 1. The van der Waals surface area contributed by atoms with Crippen molar-refractivity contribution in [3.63, 3.8) is 0 Å². The molecule has 1 aromatic heterocycles. The van der Waals surface area contributed by atoms with Crippen LogP contribution in [0.2, 0.25) is 0 Å². The van der Waals surface area contributed by atoms with Crippen molar-refractivity contribution in [2.75, 3.05) is 7.05 Å². The third-order valence-electron chi connectivity index (χ3n) is 2.50. The molecule has 1 unspecified atom stereocenters. The van der Waals surface area contributed by atoms with Gasteiger partial charge in [-0.3, -0.25) is 0 Å². The normalized spacial score (nSPS) is 12.6. The van der Waals surface area contributed by atoms with Crippen LogP contribution in [-0.2, 0) is 7.05 Å². The maximum absolute atomic E-state index is 8.92. The first kappa shape index (κ1) is 9.69. The Labute approximate surface area is 88.2 Å². The number of aromatic nitrogens is 2. The Kier molecular flexibility index (Phi) is 2.40. The zero-order chi connectivity index (χ0) is 10.8. The average Bonchev–Trinajstić information content (AvgIpc) is 2.62. The molecular weight excluding hydrogens is 188 g/mol. The van der Waals surface area contributed by atoms with Crippen LogP contribution in [0, 0.1) is 11.3 Å². The van der Waals surface area contributed by atoms with Crippen LogP contribution in [0.3, 0.4) is 0 Å². The molecule has 0 bridgehead atoms. The smallest absolute Gasteiger partial charge is 0.121 e. The van der Waals surface area contributed by atoms with E-state index in [2.05, 4.69) is 16.4 Å². The summed E-state index contributed by atoms with van der Waals surface area (Å²) >= 11 is 0. The fraction of sp³-hybridized carbons (Fsp3) is 0.273. The molecule has 4 heteroatoms. The second-order valence-corrected chi connectivity index (χ2v) is 3.45. The van der Waals surface area contributed by atoms with Gasteiger partial charge in [-0.05, 0) is 24.7 Å². The van der Waals surface area contributed by atoms with Crippen molar-refractivity contribution in [3.8, 4) is 6.07 Å². The van der Waals surface area contributed by atoms with Gasteiger partial charge in [0.15, 0.2) is 0 Å². The Hall–Kier alpha value is -1.86. The maximum atomic E-state index is 8.92. The molecule has 2 aromatic rings. The lowest BCUT2D eigenvalue weighted by Gasteiger charge is -2.07. The van der Waals surface area contributed by atoms with E-state index in [0.29, 0.717) is 0 Å². The summed E-state index contributed by atoms with van der Waals surface area (Å²) in [4.78, 5) is 4.26. The summed E-state index contributed by atoms with van der Waals surface area (Å²) in [6, 6.07) is 7.81. The quantitative estimate of drug-likeness (QED) is 0.796. The largest absolute Gasteiger partial charge is 0.334 e. The van der Waals surface area contributed by atoms with E-state index in [1.807, 2.05) is 29.8 Å². The highest BCUT2D eigenvalue weighted by Gasteiger charge is 2.09. The second-order valence-electron chi connectivity index (χ2n) is 3.45. The van der Waals surface area contributed by atoms with E-state index in [1.165, 1.54) is 0 Å². The predicted octanol–water partition coefficient (Wildman–Crippen LogP) is 1.36. The number of imidazole rings is 1. The van der Waals surface area contributed by atoms with Gasteiger partial charge in [0.25, 0.3) is 0 Å². The van der Waals surface area contributed by atoms with Gasteiger partial charge in [0, 0.05) is 7.05 Å². The van der Waals surface area contributed by atoms with E-state index >= 15 is 0 Å². The van der Waals surface area contributed by atoms with Gasteiger partial charge >= 0.3 is 0 Å². The summed E-state index contributed by atoms with van der Waals surface area (Å²) in [7, 11) is 3.73. The lowest BCUT2D eigenvalue weighted by atomic mass is 10.1. The lowest BCUT2D eigenvalue weighted by molar-refractivity contribution is 0.728. The Morgan fingerprint density at radius 2 is 2.33 bits per heavy atom. The van der Waals surface area contributed by atoms with Crippen LogP contribution < -0.4 is 5.32 Å². The number of fused-ring (bicyclic) bond motifs is 1. The van der Waals surface area contributed by atoms with Crippen molar-refractivity contribution >= 4 is 11.0 Å². The Morgan fingerprint density at radius 1 is 1.53 bits per heavy atom. The van der Waals surface area contributed by atoms with Crippen LogP contribution >= 0.6 is 0 Å². The van der Waals surface area contributed by atoms with Gasteiger partial charge in [0.05, 0.1) is 23.4 Å². The molecule has 0 saturated heterocycles. The molecule has 4 nitrogen and oxygen atoms in total. The number of hydrogen-bond acceptors (Lipinski definition) is 3. The average molecular weight is 200 g/mol. The highest BCUT2D eigenvalue weighted by Crippen LogP contribution is 2.18. The Morgan fingerprint density at radius 3 is 3.00 bits per heavy atom. The number of hydrogen-bond donors (Lipinski definition) is 1. The van der Waals surface area contributed by atoms with Crippen molar-refractivity contribution in [1.82, 2.24) is 14.9 Å². The molecular formula is C11H12N4. The summed E-state index contributed by atoms with van der Waals surface area (Å²) in [6.45, 7) is 0. The first-order valence-electron chi connectivity index (χ1n) is 4.74. The monoisotopic (exact) mass is 200 g/mol. The number of nitriles is 1. The van der Waals surface area contributed by atoms with Crippen LogP contribution in [0.4, 0.5) is 0 Å². The zero-order valence-corrected chi connectivity index (χ0v) is 8.73. The van der Waals surface area contributed by atoms with E-state index in [-0.39, 0.29) is 6.04 Å². The van der Waals surface area contributed by atoms with Crippen LogP contribution in [0.25, 0.3) is 11.0 Å². The third kappa shape index (κ3) is 1.58. The molecule has 0 aliphatic rings. The maximum Gasteiger partial charge on any atom is 0.121 e. The van der Waals surface area contributed by atoms with E-state index in [4.69, 9.17) is 5.26 Å². The number of aryl methyl sites for hydroxylation is 1. The van der Waals surface area contributed by atoms with Gasteiger partial charge in [-0.25, -0.2) is 4.98 Å². The molecule has 1 atom stereocenters. The van der Waals surface area contributed by atoms with Gasteiger partial charge < -0.3 is 9.88 Å². The minimum Gasteiger partial charge on any atom is -0.334 e. The summed E-state index contributed by atoms with van der Waals surface area (Å²) in [5.41, 5.74) is 2.95. The minimum absolute atomic E-state index is 0.267. The Bertz CT molecular complexity index is 521. The molecule has 1 N–H and O–H groups in total. The van der Waals surface area contributed by atoms with Crippen LogP contribution in [-0.4, -0.2) is 16.6 Å². The molecule has 15 heavy (non-hydrogen) atoms. The third-order valence-corrected chi connectivity index (χ3v) is 2.50. The Balaban J connectivity index is 2.52. The van der Waals surface area contributed by atoms with Gasteiger partial charge in [-0.1, -0.05) is 6.07 Å². The van der Waals surface area contributed by atoms with Crippen molar-refractivity contribution in [3.05, 3.63) is 30.1 Å². The van der Waals surface area contributed by atoms with Crippen molar-refractivity contribution in [1.29, 1.82) is 5.26 Å². The van der Waals surface area contributed by atoms with E-state index in [9.17, 15) is 0 Å². The summed E-state index contributed by atoms with van der Waals surface area (Å²) in [5, 5.41) is 11.9. The van der Waals surface area contributed by atoms with Gasteiger partial charge in [-0.15, -0.1) is 0 Å².